The number of aryl methyl sites for hydroxylation is 3. The Kier molecular flexibility index (Phi) is 16.5. The summed E-state index contributed by atoms with van der Waals surface area (Å²) in [6.07, 6.45) is 0.454. The Morgan fingerprint density at radius 3 is 1.67 bits per heavy atom. The highest BCUT2D eigenvalue weighted by atomic mass is 35.5. The van der Waals surface area contributed by atoms with Gasteiger partial charge in [-0.1, -0.05) is 93.6 Å². The Labute approximate surface area is 389 Å². The van der Waals surface area contributed by atoms with Crippen molar-refractivity contribution < 1.29 is 47.4 Å². The lowest BCUT2D eigenvalue weighted by Gasteiger charge is -2.21. The number of thiol groups is 1. The predicted molar refractivity (Wildman–Crippen MR) is 241 cm³/mol. The van der Waals surface area contributed by atoms with Crippen LogP contribution in [0.5, 0.6) is 17.2 Å². The van der Waals surface area contributed by atoms with Gasteiger partial charge in [-0.25, -0.2) is 5.01 Å². The van der Waals surface area contributed by atoms with Crippen molar-refractivity contribution in [3.8, 4) is 39.8 Å². The first-order valence-electron chi connectivity index (χ1n) is 18.3. The number of nitro benzene ring substituents is 1. The van der Waals surface area contributed by atoms with Crippen LogP contribution >= 0.6 is 59.0 Å². The Morgan fingerprint density at radius 1 is 0.734 bits per heavy atom. The molecule has 4 amide bonds. The fourth-order valence-electron chi connectivity index (χ4n) is 6.03. The number of hydrogen-bond donors (Lipinski definition) is 4. The van der Waals surface area contributed by atoms with Crippen LogP contribution < -0.4 is 35.5 Å². The molecule has 4 aromatic carbocycles. The number of amides is 4. The van der Waals surface area contributed by atoms with Gasteiger partial charge in [0.2, 0.25) is 11.7 Å². The number of anilines is 1. The number of methoxy groups -OCH3 is 3. The Hall–Kier alpha value is -6.51. The second-order valence-corrected chi connectivity index (χ2v) is 15.0. The molecule has 0 fully saturated rings. The van der Waals surface area contributed by atoms with Crippen molar-refractivity contribution in [3.05, 3.63) is 131 Å². The fourth-order valence-corrected chi connectivity index (χ4v) is 7.34. The van der Waals surface area contributed by atoms with Crippen molar-refractivity contribution in [2.45, 2.75) is 26.7 Å². The fraction of sp³-hybridized carbons (Fsp3) is 0.171. The van der Waals surface area contributed by atoms with E-state index in [-0.39, 0.29) is 61.8 Å². The van der Waals surface area contributed by atoms with Crippen molar-refractivity contribution in [1.82, 2.24) is 26.6 Å². The summed E-state index contributed by atoms with van der Waals surface area (Å²) >= 11 is 28.6. The van der Waals surface area contributed by atoms with Gasteiger partial charge in [0, 0.05) is 23.6 Å². The minimum Gasteiger partial charge on any atom is -0.493 e. The van der Waals surface area contributed by atoms with Gasteiger partial charge in [0.15, 0.2) is 11.5 Å². The highest BCUT2D eigenvalue weighted by Gasteiger charge is 2.30. The van der Waals surface area contributed by atoms with Crippen molar-refractivity contribution in [2.24, 2.45) is 0 Å². The minimum atomic E-state index is -0.955. The third-order valence-corrected chi connectivity index (χ3v) is 10.4. The third kappa shape index (κ3) is 11.0. The lowest BCUT2D eigenvalue weighted by molar-refractivity contribution is -0.384. The molecule has 2 aromatic heterocycles. The number of rotatable bonds is 12. The average Bonchev–Trinajstić information content (AvgIpc) is 3.84. The van der Waals surface area contributed by atoms with Crippen molar-refractivity contribution in [2.75, 3.05) is 26.3 Å². The van der Waals surface area contributed by atoms with E-state index in [4.69, 9.17) is 69.7 Å². The zero-order chi connectivity index (χ0) is 46.8. The second-order valence-electron chi connectivity index (χ2n) is 13.0. The molecule has 2 heterocycles. The van der Waals surface area contributed by atoms with E-state index >= 15 is 0 Å². The van der Waals surface area contributed by atoms with Crippen LogP contribution in [0.2, 0.25) is 20.1 Å². The maximum atomic E-state index is 13.0. The van der Waals surface area contributed by atoms with E-state index in [2.05, 4.69) is 39.2 Å². The number of nitrogens with one attached hydrogen (secondary N) is 3. The van der Waals surface area contributed by atoms with E-state index in [1.807, 2.05) is 0 Å². The zero-order valence-electron chi connectivity index (χ0n) is 34.1. The average molecular weight is 976 g/mol. The topological polar surface area (TPSA) is 230 Å². The molecule has 0 atom stereocenters. The summed E-state index contributed by atoms with van der Waals surface area (Å²) in [5.41, 5.74) is 8.19. The molecule has 6 aromatic rings. The lowest BCUT2D eigenvalue weighted by atomic mass is 10.1. The molecule has 0 bridgehead atoms. The Balaban J connectivity index is 0.000000243. The molecule has 0 unspecified atom stereocenters. The van der Waals surface area contributed by atoms with Crippen LogP contribution in [0.15, 0.2) is 81.8 Å². The second kappa shape index (κ2) is 21.7. The monoisotopic (exact) mass is 973 g/mol. The lowest BCUT2D eigenvalue weighted by Crippen LogP contribution is -2.44. The molecule has 0 spiro atoms. The smallest absolute Gasteiger partial charge is 0.302 e. The van der Waals surface area contributed by atoms with E-state index in [0.717, 1.165) is 5.56 Å². The number of benzene rings is 4. The van der Waals surface area contributed by atoms with Crippen LogP contribution in [0.4, 0.5) is 16.2 Å². The summed E-state index contributed by atoms with van der Waals surface area (Å²) in [7, 11) is 4.54. The number of aromatic nitrogens is 2. The van der Waals surface area contributed by atoms with Crippen molar-refractivity contribution >= 4 is 93.4 Å². The zero-order valence-corrected chi connectivity index (χ0v) is 38.0. The van der Waals surface area contributed by atoms with Crippen LogP contribution in [0, 0.1) is 24.0 Å². The number of carbonyl (C=O) groups excluding carboxylic acids is 4. The molecule has 3 N–H and O–H groups in total. The highest BCUT2D eigenvalue weighted by molar-refractivity contribution is 7.96. The van der Waals surface area contributed by atoms with Crippen LogP contribution in [0.25, 0.3) is 22.5 Å². The number of ether oxygens (including phenoxy) is 3. The highest BCUT2D eigenvalue weighted by Crippen LogP contribution is 2.40. The van der Waals surface area contributed by atoms with Gasteiger partial charge in [-0.3, -0.25) is 45.6 Å². The summed E-state index contributed by atoms with van der Waals surface area (Å²) in [5.74, 6) is -0.0649. The molecule has 23 heteroatoms. The summed E-state index contributed by atoms with van der Waals surface area (Å²) in [4.78, 5) is 60.9. The van der Waals surface area contributed by atoms with Gasteiger partial charge in [0.05, 0.1) is 46.3 Å². The molecular weight excluding hydrogens is 940 g/mol. The summed E-state index contributed by atoms with van der Waals surface area (Å²) in [5, 5.41) is 19.9. The first-order chi connectivity index (χ1) is 30.5. The van der Waals surface area contributed by atoms with E-state index in [0.29, 0.717) is 44.3 Å². The number of nitro groups is 1. The first kappa shape index (κ1) is 48.5. The molecule has 0 saturated heterocycles. The maximum absolute atomic E-state index is 13.0. The molecule has 6 rings (SSSR count). The van der Waals surface area contributed by atoms with Crippen LogP contribution in [-0.2, 0) is 11.2 Å². The first-order valence-corrected chi connectivity index (χ1v) is 20.2. The Morgan fingerprint density at radius 2 is 1.22 bits per heavy atom. The SMILES string of the molecule is COc1cc(CCC(=O)NNC(=O)c2c(-c3c(Cl)cccc3Cl)noc2C)cc(OC)c1OC.Cc1onc(-c2c(Cl)cccc2Cl)c1C(=O)NN(C(=O)S)c1ccccc1[N+](=O)[O-]. The van der Waals surface area contributed by atoms with E-state index in [1.165, 1.54) is 52.5 Å². The van der Waals surface area contributed by atoms with Crippen LogP contribution in [0.1, 0.15) is 44.2 Å². The normalized spacial score (nSPS) is 10.5. The van der Waals surface area contributed by atoms with Gasteiger partial charge < -0.3 is 23.3 Å². The largest absolute Gasteiger partial charge is 0.493 e. The molecule has 0 radical (unpaired) electrons. The van der Waals surface area contributed by atoms with Gasteiger partial charge in [-0.05, 0) is 68.3 Å². The maximum Gasteiger partial charge on any atom is 0.302 e. The van der Waals surface area contributed by atoms with E-state index in [9.17, 15) is 29.3 Å². The molecule has 0 aliphatic heterocycles. The molecule has 0 aliphatic rings. The number of hydrazine groups is 2. The molecule has 0 aliphatic carbocycles. The minimum absolute atomic E-state index is 0.0507. The standard InChI is InChI=1S/C23H23Cl2N3O6.C18H12Cl2N4O5S/c1-12-19(21(28-34-12)20-14(24)6-5-7-15(20)25)23(30)27-26-18(29)9-8-13-10-16(31-2)22(33-4)17(11-13)32-3;1-9-14(16(22-29-9)15-10(19)5-4-6-11(15)20)17(25)21-23(18(26)30)12-7-2-3-8-13(12)24(27)28/h5-7,10-11H,8-9H2,1-4H3,(H,26,29)(H,27,30);2-8H,1H3,(H,21,25)(H,26,30). The number of nitrogens with zero attached hydrogens (tertiary/aromatic N) is 4. The van der Waals surface area contributed by atoms with Crippen molar-refractivity contribution in [3.63, 3.8) is 0 Å². The Bertz CT molecular complexity index is 2680. The number of carbonyl (C=O) groups is 4. The van der Waals surface area contributed by atoms with Gasteiger partial charge in [-0.15, -0.1) is 0 Å². The van der Waals surface area contributed by atoms with E-state index in [1.54, 1.807) is 55.5 Å². The number of halogens is 4. The quantitative estimate of drug-likeness (QED) is 0.0509. The van der Waals surface area contributed by atoms with Gasteiger partial charge in [-0.2, -0.15) is 0 Å². The molecule has 0 saturated carbocycles. The van der Waals surface area contributed by atoms with Crippen LogP contribution in [-0.4, -0.2) is 59.5 Å². The van der Waals surface area contributed by atoms with Gasteiger partial charge in [0.1, 0.15) is 39.7 Å². The summed E-state index contributed by atoms with van der Waals surface area (Å²) in [6.45, 7) is 3.05. The van der Waals surface area contributed by atoms with Gasteiger partial charge >= 0.3 is 5.24 Å². The van der Waals surface area contributed by atoms with Crippen LogP contribution in [0.3, 0.4) is 0 Å². The number of hydrogen-bond acceptors (Lipinski definition) is 13. The molecule has 64 heavy (non-hydrogen) atoms. The number of para-hydroxylation sites is 2. The summed E-state index contributed by atoms with van der Waals surface area (Å²) in [6, 6.07) is 18.6. The molecule has 18 nitrogen and oxygen atoms in total. The van der Waals surface area contributed by atoms with E-state index < -0.39 is 33.6 Å². The molecular formula is C41H35Cl4N7O11S. The third-order valence-electron chi connectivity index (χ3n) is 8.98. The van der Waals surface area contributed by atoms with Gasteiger partial charge in [0.25, 0.3) is 17.5 Å². The molecule has 334 valence electrons. The predicted octanol–water partition coefficient (Wildman–Crippen LogP) is 9.44. The van der Waals surface area contributed by atoms with Crippen molar-refractivity contribution in [1.29, 1.82) is 0 Å². The summed E-state index contributed by atoms with van der Waals surface area (Å²) < 4.78 is 26.3.